The van der Waals surface area contributed by atoms with Gasteiger partial charge in [-0.3, -0.25) is 4.79 Å². The summed E-state index contributed by atoms with van der Waals surface area (Å²) in [5.41, 5.74) is 0.961. The molecule has 19 heavy (non-hydrogen) atoms. The molecule has 0 aliphatic carbocycles. The highest BCUT2D eigenvalue weighted by Crippen LogP contribution is 2.21. The highest BCUT2D eigenvalue weighted by atomic mass is 16.3. The summed E-state index contributed by atoms with van der Waals surface area (Å²) in [6, 6.07) is 10.1. The number of rotatable bonds is 3. The predicted octanol–water partition coefficient (Wildman–Crippen LogP) is 2.70. The Bertz CT molecular complexity index is 607. The fraction of sp³-hybridized carbons (Fsp3) is 0. The highest BCUT2D eigenvalue weighted by molar-refractivity contribution is 6.07. The minimum Gasteiger partial charge on any atom is -0.508 e. The van der Waals surface area contributed by atoms with Crippen LogP contribution < -0.4 is 0 Å². The molecule has 96 valence electrons. The summed E-state index contributed by atoms with van der Waals surface area (Å²) in [7, 11) is 0. The van der Waals surface area contributed by atoms with E-state index >= 15 is 0 Å². The van der Waals surface area contributed by atoms with E-state index in [1.165, 1.54) is 30.3 Å². The number of phenolic OH excluding ortho intramolecular Hbond substituents is 3. The summed E-state index contributed by atoms with van der Waals surface area (Å²) in [6.45, 7) is 0. The average molecular weight is 256 g/mol. The van der Waals surface area contributed by atoms with Gasteiger partial charge in [-0.25, -0.2) is 0 Å². The fourth-order valence-corrected chi connectivity index (χ4v) is 1.59. The van der Waals surface area contributed by atoms with Crippen molar-refractivity contribution in [1.82, 2.24) is 0 Å². The first-order valence-corrected chi connectivity index (χ1v) is 5.59. The Morgan fingerprint density at radius 1 is 0.842 bits per heavy atom. The highest BCUT2D eigenvalue weighted by Gasteiger charge is 2.05. The third kappa shape index (κ3) is 3.35. The van der Waals surface area contributed by atoms with Gasteiger partial charge < -0.3 is 15.3 Å². The van der Waals surface area contributed by atoms with Crippen LogP contribution in [0.25, 0.3) is 6.08 Å². The molecule has 2 aromatic carbocycles. The van der Waals surface area contributed by atoms with Crippen molar-refractivity contribution in [3.05, 3.63) is 59.7 Å². The van der Waals surface area contributed by atoms with Crippen molar-refractivity contribution in [3.8, 4) is 17.2 Å². The summed E-state index contributed by atoms with van der Waals surface area (Å²) >= 11 is 0. The molecule has 0 aliphatic heterocycles. The molecule has 0 heterocycles. The summed E-state index contributed by atoms with van der Waals surface area (Å²) in [6.07, 6.45) is 2.92. The van der Waals surface area contributed by atoms with Crippen LogP contribution in [0.3, 0.4) is 0 Å². The first-order valence-electron chi connectivity index (χ1n) is 5.59. The van der Waals surface area contributed by atoms with Crippen LogP contribution in [-0.2, 0) is 0 Å². The van der Waals surface area contributed by atoms with Gasteiger partial charge in [-0.2, -0.15) is 0 Å². The van der Waals surface area contributed by atoms with Crippen LogP contribution in [0.1, 0.15) is 15.9 Å². The maximum absolute atomic E-state index is 11.8. The quantitative estimate of drug-likeness (QED) is 0.583. The molecule has 2 aromatic rings. The van der Waals surface area contributed by atoms with Gasteiger partial charge in [0.05, 0.1) is 0 Å². The van der Waals surface area contributed by atoms with E-state index in [1.807, 2.05) is 0 Å². The SMILES string of the molecule is O=C(/C=C/c1ccc(O)cc1)c1cc(O)cc(O)c1. The van der Waals surface area contributed by atoms with Crippen LogP contribution in [-0.4, -0.2) is 21.1 Å². The number of allylic oxidation sites excluding steroid dienone is 1. The van der Waals surface area contributed by atoms with Crippen LogP contribution in [0.4, 0.5) is 0 Å². The van der Waals surface area contributed by atoms with Gasteiger partial charge in [-0.15, -0.1) is 0 Å². The molecule has 0 saturated carbocycles. The zero-order valence-corrected chi connectivity index (χ0v) is 9.95. The van der Waals surface area contributed by atoms with Gasteiger partial charge in [0.2, 0.25) is 0 Å². The summed E-state index contributed by atoms with van der Waals surface area (Å²) in [4.78, 5) is 11.8. The van der Waals surface area contributed by atoms with Crippen molar-refractivity contribution >= 4 is 11.9 Å². The topological polar surface area (TPSA) is 77.8 Å². The average Bonchev–Trinajstić information content (AvgIpc) is 2.36. The lowest BCUT2D eigenvalue weighted by Crippen LogP contribution is -1.93. The summed E-state index contributed by atoms with van der Waals surface area (Å²) in [5.74, 6) is -0.511. The molecule has 0 fully saturated rings. The van der Waals surface area contributed by atoms with Crippen LogP contribution in [0.2, 0.25) is 0 Å². The van der Waals surface area contributed by atoms with Crippen LogP contribution >= 0.6 is 0 Å². The number of phenols is 3. The third-order valence-corrected chi connectivity index (χ3v) is 2.51. The van der Waals surface area contributed by atoms with Gasteiger partial charge in [0, 0.05) is 11.6 Å². The second kappa shape index (κ2) is 5.27. The monoisotopic (exact) mass is 256 g/mol. The number of hydrogen-bond acceptors (Lipinski definition) is 4. The van der Waals surface area contributed by atoms with E-state index in [-0.39, 0.29) is 28.6 Å². The van der Waals surface area contributed by atoms with Gasteiger partial charge in [-0.1, -0.05) is 18.2 Å². The van der Waals surface area contributed by atoms with Crippen molar-refractivity contribution in [2.75, 3.05) is 0 Å². The smallest absolute Gasteiger partial charge is 0.186 e. The van der Waals surface area contributed by atoms with Crippen molar-refractivity contribution in [1.29, 1.82) is 0 Å². The molecule has 0 aliphatic rings. The Morgan fingerprint density at radius 2 is 1.42 bits per heavy atom. The normalized spacial score (nSPS) is 10.7. The Labute approximate surface area is 109 Å². The molecular formula is C15H12O4. The molecule has 0 atom stereocenters. The molecule has 4 heteroatoms. The molecule has 3 N–H and O–H groups in total. The predicted molar refractivity (Wildman–Crippen MR) is 71.2 cm³/mol. The Balaban J connectivity index is 2.18. The van der Waals surface area contributed by atoms with Crippen LogP contribution in [0.5, 0.6) is 17.2 Å². The largest absolute Gasteiger partial charge is 0.508 e. The maximum Gasteiger partial charge on any atom is 0.186 e. The molecule has 0 aromatic heterocycles. The number of carbonyl (C=O) groups excluding carboxylic acids is 1. The Kier molecular flexibility index (Phi) is 3.52. The van der Waals surface area contributed by atoms with E-state index in [2.05, 4.69) is 0 Å². The molecule has 0 saturated heterocycles. The van der Waals surface area contributed by atoms with E-state index < -0.39 is 0 Å². The number of ketones is 1. The third-order valence-electron chi connectivity index (χ3n) is 2.51. The lowest BCUT2D eigenvalue weighted by Gasteiger charge is -1.99. The Morgan fingerprint density at radius 3 is 2.00 bits per heavy atom. The van der Waals surface area contributed by atoms with Gasteiger partial charge in [0.1, 0.15) is 17.2 Å². The summed E-state index contributed by atoms with van der Waals surface area (Å²) in [5, 5.41) is 27.7. The molecule has 0 radical (unpaired) electrons. The minimum absolute atomic E-state index is 0.154. The van der Waals surface area contributed by atoms with Gasteiger partial charge in [0.25, 0.3) is 0 Å². The number of hydrogen-bond donors (Lipinski definition) is 3. The molecule has 0 amide bonds. The van der Waals surface area contributed by atoms with E-state index in [9.17, 15) is 15.0 Å². The first-order chi connectivity index (χ1) is 9.04. The Hall–Kier alpha value is -2.75. The lowest BCUT2D eigenvalue weighted by molar-refractivity contribution is 0.104. The van der Waals surface area contributed by atoms with Gasteiger partial charge in [-0.05, 0) is 35.9 Å². The fourth-order valence-electron chi connectivity index (χ4n) is 1.59. The number of benzene rings is 2. The lowest BCUT2D eigenvalue weighted by atomic mass is 10.1. The van der Waals surface area contributed by atoms with Crippen molar-refractivity contribution in [2.24, 2.45) is 0 Å². The molecule has 0 spiro atoms. The molecule has 4 nitrogen and oxygen atoms in total. The standard InChI is InChI=1S/C15H12O4/c16-12-4-1-10(2-5-12)3-6-15(19)11-7-13(17)9-14(18)8-11/h1-9,16-18H/b6-3+. The molecule has 2 rings (SSSR count). The van der Waals surface area contributed by atoms with Crippen LogP contribution in [0, 0.1) is 0 Å². The number of carbonyl (C=O) groups is 1. The van der Waals surface area contributed by atoms with Crippen molar-refractivity contribution in [3.63, 3.8) is 0 Å². The molecule has 0 unspecified atom stereocenters. The first kappa shape index (κ1) is 12.7. The van der Waals surface area contributed by atoms with Gasteiger partial charge in [0.15, 0.2) is 5.78 Å². The second-order valence-electron chi connectivity index (χ2n) is 4.03. The minimum atomic E-state index is -0.334. The molecular weight excluding hydrogens is 244 g/mol. The van der Waals surface area contributed by atoms with Crippen LogP contribution in [0.15, 0.2) is 48.5 Å². The van der Waals surface area contributed by atoms with E-state index in [1.54, 1.807) is 18.2 Å². The number of aromatic hydroxyl groups is 3. The summed E-state index contributed by atoms with van der Waals surface area (Å²) < 4.78 is 0. The molecule has 0 bridgehead atoms. The maximum atomic E-state index is 11.8. The van der Waals surface area contributed by atoms with Crippen molar-refractivity contribution in [2.45, 2.75) is 0 Å². The van der Waals surface area contributed by atoms with Crippen molar-refractivity contribution < 1.29 is 20.1 Å². The van der Waals surface area contributed by atoms with E-state index in [4.69, 9.17) is 5.11 Å². The van der Waals surface area contributed by atoms with E-state index in [0.29, 0.717) is 0 Å². The second-order valence-corrected chi connectivity index (χ2v) is 4.03. The van der Waals surface area contributed by atoms with Gasteiger partial charge >= 0.3 is 0 Å². The zero-order valence-electron chi connectivity index (χ0n) is 9.95. The zero-order chi connectivity index (χ0) is 13.8. The van der Waals surface area contributed by atoms with E-state index in [0.717, 1.165) is 11.6 Å².